The zero-order chi connectivity index (χ0) is 9.61. The molecule has 1 atom stereocenters. The van der Waals surface area contributed by atoms with E-state index < -0.39 is 16.1 Å². The molecular weight excluding hydrogens is 178 g/mol. The van der Waals surface area contributed by atoms with Crippen LogP contribution in [0.5, 0.6) is 0 Å². The second kappa shape index (κ2) is 5.29. The molecule has 0 rings (SSSR count). The molecule has 4 nitrogen and oxygen atoms in total. The monoisotopic (exact) mass is 193 g/mol. The van der Waals surface area contributed by atoms with Crippen molar-refractivity contribution in [1.29, 1.82) is 0 Å². The van der Waals surface area contributed by atoms with Gasteiger partial charge in [0.15, 0.2) is 0 Å². The Morgan fingerprint density at radius 2 is 2.25 bits per heavy atom. The molecule has 0 fully saturated rings. The molecule has 0 aliphatic carbocycles. The van der Waals surface area contributed by atoms with Crippen LogP contribution >= 0.6 is 0 Å². The van der Waals surface area contributed by atoms with Gasteiger partial charge in [-0.05, 0) is 13.3 Å². The number of sulfonamides is 1. The van der Waals surface area contributed by atoms with Crippen molar-refractivity contribution in [3.63, 3.8) is 0 Å². The van der Waals surface area contributed by atoms with Gasteiger partial charge in [-0.1, -0.05) is 6.08 Å². The normalized spacial score (nSPS) is 14.2. The van der Waals surface area contributed by atoms with Crippen molar-refractivity contribution in [1.82, 2.24) is 4.72 Å². The number of hydrogen-bond acceptors (Lipinski definition) is 3. The van der Waals surface area contributed by atoms with Gasteiger partial charge < -0.3 is 5.11 Å². The standard InChI is InChI=1S/C7H15NO3S/c1-3-6-12(10,11)8-5-4-7(2)9/h3,7-9H,1,4-6H2,2H3. The van der Waals surface area contributed by atoms with Gasteiger partial charge in [-0.3, -0.25) is 0 Å². The lowest BCUT2D eigenvalue weighted by atomic mass is 10.3. The molecule has 0 aromatic heterocycles. The predicted molar refractivity (Wildman–Crippen MR) is 48.3 cm³/mol. The third-order valence-corrected chi connectivity index (χ3v) is 2.54. The minimum absolute atomic E-state index is 0.0766. The Balaban J connectivity index is 3.69. The molecule has 1 unspecified atom stereocenters. The number of hydrogen-bond donors (Lipinski definition) is 2. The first-order valence-corrected chi connectivity index (χ1v) is 5.39. The maximum atomic E-state index is 10.9. The largest absolute Gasteiger partial charge is 0.393 e. The molecule has 12 heavy (non-hydrogen) atoms. The van der Waals surface area contributed by atoms with Gasteiger partial charge in [-0.25, -0.2) is 13.1 Å². The molecule has 0 aromatic rings. The van der Waals surface area contributed by atoms with Gasteiger partial charge in [-0.15, -0.1) is 6.58 Å². The highest BCUT2D eigenvalue weighted by molar-refractivity contribution is 7.89. The zero-order valence-corrected chi connectivity index (χ0v) is 7.97. The summed E-state index contributed by atoms with van der Waals surface area (Å²) in [6.45, 7) is 5.21. The van der Waals surface area contributed by atoms with Crippen molar-refractivity contribution in [3.05, 3.63) is 12.7 Å². The molecule has 0 aromatic carbocycles. The lowest BCUT2D eigenvalue weighted by molar-refractivity contribution is 0.186. The highest BCUT2D eigenvalue weighted by Crippen LogP contribution is 1.89. The van der Waals surface area contributed by atoms with Gasteiger partial charge >= 0.3 is 0 Å². The Labute approximate surface area is 73.3 Å². The summed E-state index contributed by atoms with van der Waals surface area (Å²) in [7, 11) is -3.21. The van der Waals surface area contributed by atoms with Gasteiger partial charge in [0.1, 0.15) is 0 Å². The van der Waals surface area contributed by atoms with Crippen LogP contribution in [-0.2, 0) is 10.0 Å². The summed E-state index contributed by atoms with van der Waals surface area (Å²) < 4.78 is 24.2. The summed E-state index contributed by atoms with van der Waals surface area (Å²) in [6, 6.07) is 0. The van der Waals surface area contributed by atoms with Crippen LogP contribution in [0.4, 0.5) is 0 Å². The summed E-state index contributed by atoms with van der Waals surface area (Å²) in [5.74, 6) is -0.0766. The molecule has 0 amide bonds. The van der Waals surface area contributed by atoms with Crippen molar-refractivity contribution in [2.45, 2.75) is 19.4 Å². The van der Waals surface area contributed by atoms with Crippen LogP contribution in [0.3, 0.4) is 0 Å². The average molecular weight is 193 g/mol. The van der Waals surface area contributed by atoms with E-state index in [2.05, 4.69) is 11.3 Å². The molecule has 2 N–H and O–H groups in total. The lowest BCUT2D eigenvalue weighted by Crippen LogP contribution is -2.28. The van der Waals surface area contributed by atoms with Gasteiger partial charge in [0.25, 0.3) is 0 Å². The van der Waals surface area contributed by atoms with Gasteiger partial charge in [0.2, 0.25) is 10.0 Å². The quantitative estimate of drug-likeness (QED) is 0.577. The van der Waals surface area contributed by atoms with Crippen molar-refractivity contribution < 1.29 is 13.5 Å². The van der Waals surface area contributed by atoms with Crippen LogP contribution in [0.15, 0.2) is 12.7 Å². The van der Waals surface area contributed by atoms with E-state index in [1.54, 1.807) is 6.92 Å². The number of rotatable bonds is 6. The fraction of sp³-hybridized carbons (Fsp3) is 0.714. The smallest absolute Gasteiger partial charge is 0.215 e. The highest BCUT2D eigenvalue weighted by Gasteiger charge is 2.06. The Kier molecular flexibility index (Phi) is 5.12. The van der Waals surface area contributed by atoms with E-state index in [0.29, 0.717) is 6.42 Å². The fourth-order valence-corrected chi connectivity index (χ4v) is 1.49. The van der Waals surface area contributed by atoms with Crippen LogP contribution in [-0.4, -0.2) is 31.9 Å². The molecule has 72 valence electrons. The third kappa shape index (κ3) is 6.33. The topological polar surface area (TPSA) is 66.4 Å². The van der Waals surface area contributed by atoms with Crippen molar-refractivity contribution >= 4 is 10.0 Å². The third-order valence-electron chi connectivity index (χ3n) is 1.22. The first-order chi connectivity index (χ1) is 5.48. The molecule has 0 bridgehead atoms. The predicted octanol–water partition coefficient (Wildman–Crippen LogP) is -0.137. The zero-order valence-electron chi connectivity index (χ0n) is 7.16. The molecule has 0 aliphatic heterocycles. The summed E-state index contributed by atoms with van der Waals surface area (Å²) in [5.41, 5.74) is 0. The Morgan fingerprint density at radius 1 is 1.67 bits per heavy atom. The molecule has 0 saturated heterocycles. The Morgan fingerprint density at radius 3 is 2.67 bits per heavy atom. The Bertz CT molecular complexity index is 221. The van der Waals surface area contributed by atoms with E-state index in [4.69, 9.17) is 5.11 Å². The maximum Gasteiger partial charge on any atom is 0.215 e. The minimum Gasteiger partial charge on any atom is -0.393 e. The summed E-state index contributed by atoms with van der Waals surface area (Å²) >= 11 is 0. The van der Waals surface area contributed by atoms with E-state index in [0.717, 1.165) is 0 Å². The molecule has 0 heterocycles. The molecule has 0 aliphatic rings. The van der Waals surface area contributed by atoms with Crippen molar-refractivity contribution in [2.24, 2.45) is 0 Å². The van der Waals surface area contributed by atoms with Crippen molar-refractivity contribution in [2.75, 3.05) is 12.3 Å². The minimum atomic E-state index is -3.21. The molecular formula is C7H15NO3S. The van der Waals surface area contributed by atoms with Crippen LogP contribution in [0.1, 0.15) is 13.3 Å². The Hall–Kier alpha value is -0.390. The first-order valence-electron chi connectivity index (χ1n) is 3.74. The summed E-state index contributed by atoms with van der Waals surface area (Å²) in [5, 5.41) is 8.82. The summed E-state index contributed by atoms with van der Waals surface area (Å²) in [6.07, 6.45) is 1.28. The van der Waals surface area contributed by atoms with E-state index in [1.807, 2.05) is 0 Å². The maximum absolute atomic E-state index is 10.9. The average Bonchev–Trinajstić information content (AvgIpc) is 1.85. The van der Waals surface area contributed by atoms with E-state index in [9.17, 15) is 8.42 Å². The van der Waals surface area contributed by atoms with Gasteiger partial charge in [-0.2, -0.15) is 0 Å². The summed E-state index contributed by atoms with van der Waals surface area (Å²) in [4.78, 5) is 0. The van der Waals surface area contributed by atoms with Crippen molar-refractivity contribution in [3.8, 4) is 0 Å². The van der Waals surface area contributed by atoms with Crippen LogP contribution < -0.4 is 4.72 Å². The SMILES string of the molecule is C=CCS(=O)(=O)NCCC(C)O. The fourth-order valence-electron chi connectivity index (χ4n) is 0.637. The van der Waals surface area contributed by atoms with Crippen LogP contribution in [0.25, 0.3) is 0 Å². The van der Waals surface area contributed by atoms with Crippen LogP contribution in [0.2, 0.25) is 0 Å². The number of aliphatic hydroxyl groups excluding tert-OH is 1. The number of nitrogens with one attached hydrogen (secondary N) is 1. The van der Waals surface area contributed by atoms with Gasteiger partial charge in [0, 0.05) is 6.54 Å². The second-order valence-electron chi connectivity index (χ2n) is 2.60. The lowest BCUT2D eigenvalue weighted by Gasteiger charge is -2.05. The second-order valence-corrected chi connectivity index (χ2v) is 4.45. The first kappa shape index (κ1) is 11.6. The molecule has 0 saturated carbocycles. The molecule has 5 heteroatoms. The van der Waals surface area contributed by atoms with E-state index in [-0.39, 0.29) is 12.3 Å². The van der Waals surface area contributed by atoms with Crippen LogP contribution in [0, 0.1) is 0 Å². The van der Waals surface area contributed by atoms with E-state index >= 15 is 0 Å². The van der Waals surface area contributed by atoms with E-state index in [1.165, 1.54) is 6.08 Å². The molecule has 0 radical (unpaired) electrons. The van der Waals surface area contributed by atoms with Gasteiger partial charge in [0.05, 0.1) is 11.9 Å². The number of aliphatic hydroxyl groups is 1. The highest BCUT2D eigenvalue weighted by atomic mass is 32.2. The molecule has 0 spiro atoms.